The zero-order valence-corrected chi connectivity index (χ0v) is 19.3. The van der Waals surface area contributed by atoms with Crippen molar-refractivity contribution in [3.63, 3.8) is 0 Å². The van der Waals surface area contributed by atoms with Gasteiger partial charge in [-0.1, -0.05) is 24.3 Å². The van der Waals surface area contributed by atoms with Crippen molar-refractivity contribution >= 4 is 29.6 Å². The van der Waals surface area contributed by atoms with E-state index in [1.807, 2.05) is 20.2 Å². The standard InChI is InChI=1S/C20H21FN2O.2C2H2O4/c1-23(2)16-9-7-15(8-10-16)13-22-14-17-11-12-20(24-17)18-5-3-4-6-19(18)21;2*3-1(4)2(5)6/h3-12,22H,13-14H2,1-2H3;2*(H,3,4)(H,5,6). The Morgan fingerprint density at radius 3 is 1.78 bits per heavy atom. The fourth-order valence-corrected chi connectivity index (χ4v) is 2.52. The number of furan rings is 1. The Labute approximate surface area is 205 Å². The van der Waals surface area contributed by atoms with Crippen LogP contribution in [0.25, 0.3) is 11.3 Å². The lowest BCUT2D eigenvalue weighted by Crippen LogP contribution is -2.12. The average molecular weight is 504 g/mol. The summed E-state index contributed by atoms with van der Waals surface area (Å²) in [5.74, 6) is -6.22. The van der Waals surface area contributed by atoms with Crippen LogP contribution in [-0.4, -0.2) is 58.4 Å². The van der Waals surface area contributed by atoms with Gasteiger partial charge in [-0.15, -0.1) is 0 Å². The molecule has 36 heavy (non-hydrogen) atoms. The van der Waals surface area contributed by atoms with Crippen molar-refractivity contribution in [1.29, 1.82) is 0 Å². The first-order valence-electron chi connectivity index (χ1n) is 10.1. The normalized spacial score (nSPS) is 9.64. The van der Waals surface area contributed by atoms with E-state index in [4.69, 9.17) is 44.0 Å². The first kappa shape index (κ1) is 29.3. The summed E-state index contributed by atoms with van der Waals surface area (Å²) in [4.78, 5) is 38.5. The van der Waals surface area contributed by atoms with Crippen LogP contribution >= 0.6 is 0 Å². The number of rotatable bonds is 6. The molecule has 12 heteroatoms. The highest BCUT2D eigenvalue weighted by Gasteiger charge is 2.09. The Morgan fingerprint density at radius 1 is 0.778 bits per heavy atom. The predicted molar refractivity (Wildman–Crippen MR) is 126 cm³/mol. The number of hydrogen-bond acceptors (Lipinski definition) is 7. The van der Waals surface area contributed by atoms with Crippen LogP contribution in [0.15, 0.2) is 65.1 Å². The molecule has 3 rings (SSSR count). The van der Waals surface area contributed by atoms with Gasteiger partial charge in [0.05, 0.1) is 12.1 Å². The van der Waals surface area contributed by atoms with Crippen molar-refractivity contribution in [3.8, 4) is 11.3 Å². The minimum Gasteiger partial charge on any atom is -0.473 e. The third-order valence-corrected chi connectivity index (χ3v) is 4.25. The monoisotopic (exact) mass is 504 g/mol. The van der Waals surface area contributed by atoms with Crippen molar-refractivity contribution in [1.82, 2.24) is 5.32 Å². The van der Waals surface area contributed by atoms with E-state index in [1.54, 1.807) is 24.3 Å². The number of hydrogen-bond donors (Lipinski definition) is 5. The largest absolute Gasteiger partial charge is 0.473 e. The molecule has 5 N–H and O–H groups in total. The molecular weight excluding hydrogens is 479 g/mol. The van der Waals surface area contributed by atoms with Crippen LogP contribution in [0.3, 0.4) is 0 Å². The second kappa shape index (κ2) is 14.5. The maximum Gasteiger partial charge on any atom is 0.414 e. The van der Waals surface area contributed by atoms with Crippen LogP contribution in [0.4, 0.5) is 10.1 Å². The molecule has 0 amide bonds. The highest BCUT2D eigenvalue weighted by atomic mass is 19.1. The highest BCUT2D eigenvalue weighted by molar-refractivity contribution is 6.27. The lowest BCUT2D eigenvalue weighted by Gasteiger charge is -2.12. The molecule has 0 aliphatic rings. The SMILES string of the molecule is CN(C)c1ccc(CNCc2ccc(-c3ccccc3F)o2)cc1.O=C(O)C(=O)O.O=C(O)C(=O)O. The van der Waals surface area contributed by atoms with E-state index in [1.165, 1.54) is 17.3 Å². The molecule has 0 saturated carbocycles. The maximum atomic E-state index is 13.8. The van der Waals surface area contributed by atoms with Gasteiger partial charge in [-0.25, -0.2) is 23.6 Å². The molecule has 0 aliphatic heterocycles. The van der Waals surface area contributed by atoms with Gasteiger partial charge in [-0.3, -0.25) is 0 Å². The average Bonchev–Trinajstić information content (AvgIpc) is 3.29. The van der Waals surface area contributed by atoms with Gasteiger partial charge >= 0.3 is 23.9 Å². The first-order chi connectivity index (χ1) is 16.9. The molecule has 0 unspecified atom stereocenters. The number of carboxylic acid groups (broad SMARTS) is 4. The second-order valence-electron chi connectivity index (χ2n) is 7.13. The Hall–Kier alpha value is -4.71. The Morgan fingerprint density at radius 2 is 1.31 bits per heavy atom. The molecule has 2 aromatic carbocycles. The van der Waals surface area contributed by atoms with E-state index >= 15 is 0 Å². The van der Waals surface area contributed by atoms with Crippen LogP contribution in [0.1, 0.15) is 11.3 Å². The summed E-state index contributed by atoms with van der Waals surface area (Å²) in [6.45, 7) is 1.35. The predicted octanol–water partition coefficient (Wildman–Crippen LogP) is 2.75. The minimum atomic E-state index is -1.82. The third-order valence-electron chi connectivity index (χ3n) is 4.25. The molecule has 0 atom stereocenters. The zero-order chi connectivity index (χ0) is 27.3. The van der Waals surface area contributed by atoms with Gasteiger partial charge in [-0.05, 0) is 42.0 Å². The van der Waals surface area contributed by atoms with E-state index in [-0.39, 0.29) is 5.82 Å². The van der Waals surface area contributed by atoms with E-state index in [9.17, 15) is 4.39 Å². The van der Waals surface area contributed by atoms with Gasteiger partial charge in [0.2, 0.25) is 0 Å². The molecule has 0 radical (unpaired) electrons. The van der Waals surface area contributed by atoms with Gasteiger partial charge in [0.15, 0.2) is 0 Å². The van der Waals surface area contributed by atoms with E-state index in [2.05, 4.69) is 34.5 Å². The lowest BCUT2D eigenvalue weighted by atomic mass is 10.1. The maximum absolute atomic E-state index is 13.8. The Balaban J connectivity index is 0.000000450. The number of aliphatic carboxylic acids is 4. The molecule has 3 aromatic rings. The zero-order valence-electron chi connectivity index (χ0n) is 19.3. The van der Waals surface area contributed by atoms with Crippen molar-refractivity contribution in [3.05, 3.63) is 77.8 Å². The summed E-state index contributed by atoms with van der Waals surface area (Å²) >= 11 is 0. The van der Waals surface area contributed by atoms with Crippen LogP contribution in [0.5, 0.6) is 0 Å². The summed E-state index contributed by atoms with van der Waals surface area (Å²) in [5.41, 5.74) is 2.88. The van der Waals surface area contributed by atoms with Crippen molar-refractivity contribution in [2.75, 3.05) is 19.0 Å². The molecule has 0 saturated heterocycles. The number of carbonyl (C=O) groups is 4. The quantitative estimate of drug-likeness (QED) is 0.312. The number of benzene rings is 2. The molecule has 1 heterocycles. The lowest BCUT2D eigenvalue weighted by molar-refractivity contribution is -0.159. The van der Waals surface area contributed by atoms with Crippen LogP contribution in [-0.2, 0) is 32.3 Å². The summed E-state index contributed by atoms with van der Waals surface area (Å²) in [7, 11) is 4.05. The Bertz CT molecular complexity index is 1130. The molecule has 0 bridgehead atoms. The number of nitrogens with one attached hydrogen (secondary N) is 1. The number of halogens is 1. The van der Waals surface area contributed by atoms with Crippen molar-refractivity contribution in [2.24, 2.45) is 0 Å². The molecule has 192 valence electrons. The first-order valence-corrected chi connectivity index (χ1v) is 10.1. The van der Waals surface area contributed by atoms with Gasteiger partial charge in [0.1, 0.15) is 17.3 Å². The summed E-state index contributed by atoms with van der Waals surface area (Å²) in [5, 5.41) is 32.9. The number of anilines is 1. The van der Waals surface area contributed by atoms with Crippen molar-refractivity contribution < 1.29 is 48.4 Å². The smallest absolute Gasteiger partial charge is 0.414 e. The van der Waals surface area contributed by atoms with Crippen LogP contribution < -0.4 is 10.2 Å². The Kier molecular flexibility index (Phi) is 11.8. The molecule has 1 aromatic heterocycles. The fraction of sp³-hybridized carbons (Fsp3) is 0.167. The van der Waals surface area contributed by atoms with Crippen LogP contribution in [0.2, 0.25) is 0 Å². The number of nitrogens with zero attached hydrogens (tertiary/aromatic N) is 1. The van der Waals surface area contributed by atoms with Crippen LogP contribution in [0, 0.1) is 5.82 Å². The minimum absolute atomic E-state index is 0.271. The molecule has 0 fully saturated rings. The summed E-state index contributed by atoms with van der Waals surface area (Å²) in [6.07, 6.45) is 0. The molecule has 0 spiro atoms. The number of carboxylic acids is 4. The van der Waals surface area contributed by atoms with Gasteiger partial charge in [-0.2, -0.15) is 0 Å². The molecular formula is C24H25FN2O9. The summed E-state index contributed by atoms with van der Waals surface area (Å²) < 4.78 is 19.5. The topological polar surface area (TPSA) is 178 Å². The fourth-order valence-electron chi connectivity index (χ4n) is 2.52. The van der Waals surface area contributed by atoms with Gasteiger partial charge in [0, 0.05) is 26.3 Å². The molecule has 11 nitrogen and oxygen atoms in total. The third kappa shape index (κ3) is 10.5. The van der Waals surface area contributed by atoms with Crippen molar-refractivity contribution in [2.45, 2.75) is 13.1 Å². The van der Waals surface area contributed by atoms with E-state index in [0.29, 0.717) is 17.9 Å². The van der Waals surface area contributed by atoms with Gasteiger partial charge < -0.3 is 35.1 Å². The second-order valence-corrected chi connectivity index (χ2v) is 7.13. The molecule has 0 aliphatic carbocycles. The summed E-state index contributed by atoms with van der Waals surface area (Å²) in [6, 6.07) is 18.7. The van der Waals surface area contributed by atoms with Gasteiger partial charge in [0.25, 0.3) is 0 Å². The van der Waals surface area contributed by atoms with E-state index < -0.39 is 23.9 Å². The van der Waals surface area contributed by atoms with E-state index in [0.717, 1.165) is 12.3 Å². The highest BCUT2D eigenvalue weighted by Crippen LogP contribution is 2.24.